The number of nitrogens with zero attached hydrogens (tertiary/aromatic N) is 2. The van der Waals surface area contributed by atoms with Crippen molar-refractivity contribution in [1.29, 1.82) is 0 Å². The summed E-state index contributed by atoms with van der Waals surface area (Å²) in [5, 5.41) is 0. The number of rotatable bonds is 2. The molecule has 0 saturated carbocycles. The van der Waals surface area contributed by atoms with Crippen LogP contribution in [0.15, 0.2) is 36.8 Å². The molecule has 0 aliphatic carbocycles. The molecule has 88 valence electrons. The summed E-state index contributed by atoms with van der Waals surface area (Å²) in [5.41, 5.74) is 7.99. The maximum atomic E-state index is 12.8. The molecule has 2 aromatic heterocycles. The predicted octanol–water partition coefficient (Wildman–Crippen LogP) is 2.15. The Morgan fingerprint density at radius 1 is 1.24 bits per heavy atom. The Labute approximate surface area is 99.5 Å². The van der Waals surface area contributed by atoms with E-state index in [9.17, 15) is 4.39 Å². The van der Waals surface area contributed by atoms with E-state index in [1.165, 1.54) is 12.3 Å². The lowest BCUT2D eigenvalue weighted by atomic mass is 9.90. The Hall–Kier alpha value is -1.81. The standard InChI is InChI=1S/C13H14FN3/c1-9-5-10(7-16-6-9)13(2,15)12-4-3-11(14)8-17-12/h3-8H,15H2,1-2H3. The van der Waals surface area contributed by atoms with Gasteiger partial charge < -0.3 is 5.73 Å². The maximum Gasteiger partial charge on any atom is 0.141 e. The quantitative estimate of drug-likeness (QED) is 0.861. The van der Waals surface area contributed by atoms with Crippen LogP contribution in [0.3, 0.4) is 0 Å². The second kappa shape index (κ2) is 4.22. The lowest BCUT2D eigenvalue weighted by molar-refractivity contribution is 0.565. The van der Waals surface area contributed by atoms with Crippen molar-refractivity contribution in [3.63, 3.8) is 0 Å². The van der Waals surface area contributed by atoms with E-state index in [4.69, 9.17) is 5.73 Å². The molecular weight excluding hydrogens is 217 g/mol. The number of hydrogen-bond acceptors (Lipinski definition) is 3. The number of aromatic nitrogens is 2. The third kappa shape index (κ3) is 2.31. The van der Waals surface area contributed by atoms with Gasteiger partial charge in [0.2, 0.25) is 0 Å². The summed E-state index contributed by atoms with van der Waals surface area (Å²) >= 11 is 0. The molecule has 0 amide bonds. The number of nitrogens with two attached hydrogens (primary N) is 1. The van der Waals surface area contributed by atoms with Gasteiger partial charge in [0.25, 0.3) is 0 Å². The van der Waals surface area contributed by atoms with E-state index in [1.54, 1.807) is 18.5 Å². The van der Waals surface area contributed by atoms with Crippen molar-refractivity contribution in [2.45, 2.75) is 19.4 Å². The molecule has 2 N–H and O–H groups in total. The zero-order valence-electron chi connectivity index (χ0n) is 9.81. The van der Waals surface area contributed by atoms with Crippen LogP contribution in [0.4, 0.5) is 4.39 Å². The van der Waals surface area contributed by atoms with E-state index in [-0.39, 0.29) is 5.82 Å². The average molecular weight is 231 g/mol. The van der Waals surface area contributed by atoms with Gasteiger partial charge in [-0.15, -0.1) is 0 Å². The van der Waals surface area contributed by atoms with Crippen LogP contribution in [0, 0.1) is 12.7 Å². The van der Waals surface area contributed by atoms with Crippen LogP contribution in [0.25, 0.3) is 0 Å². The van der Waals surface area contributed by atoms with Crippen LogP contribution in [-0.2, 0) is 5.54 Å². The van der Waals surface area contributed by atoms with Crippen molar-refractivity contribution in [3.05, 3.63) is 59.4 Å². The van der Waals surface area contributed by atoms with Gasteiger partial charge in [-0.1, -0.05) is 6.07 Å². The first-order valence-corrected chi connectivity index (χ1v) is 5.33. The highest BCUT2D eigenvalue weighted by atomic mass is 19.1. The van der Waals surface area contributed by atoms with E-state index in [2.05, 4.69) is 9.97 Å². The summed E-state index contributed by atoms with van der Waals surface area (Å²) < 4.78 is 12.8. The topological polar surface area (TPSA) is 51.8 Å². The van der Waals surface area contributed by atoms with Gasteiger partial charge in [0.05, 0.1) is 17.4 Å². The first-order valence-electron chi connectivity index (χ1n) is 5.33. The summed E-state index contributed by atoms with van der Waals surface area (Å²) in [6.45, 7) is 3.79. The second-order valence-electron chi connectivity index (χ2n) is 4.31. The summed E-state index contributed by atoms with van der Waals surface area (Å²) in [6.07, 6.45) is 4.64. The fourth-order valence-corrected chi connectivity index (χ4v) is 1.67. The van der Waals surface area contributed by atoms with Crippen LogP contribution in [0.2, 0.25) is 0 Å². The number of aryl methyl sites for hydroxylation is 1. The van der Waals surface area contributed by atoms with Gasteiger partial charge in [0.15, 0.2) is 0 Å². The number of halogens is 1. The third-order valence-corrected chi connectivity index (χ3v) is 2.73. The monoisotopic (exact) mass is 231 g/mol. The van der Waals surface area contributed by atoms with Crippen molar-refractivity contribution < 1.29 is 4.39 Å². The van der Waals surface area contributed by atoms with Crippen molar-refractivity contribution >= 4 is 0 Å². The van der Waals surface area contributed by atoms with E-state index in [0.717, 1.165) is 11.1 Å². The second-order valence-corrected chi connectivity index (χ2v) is 4.31. The Balaban J connectivity index is 2.45. The summed E-state index contributed by atoms with van der Waals surface area (Å²) in [5.74, 6) is -0.369. The van der Waals surface area contributed by atoms with E-state index >= 15 is 0 Å². The maximum absolute atomic E-state index is 12.8. The Kier molecular flexibility index (Phi) is 2.90. The van der Waals surface area contributed by atoms with Gasteiger partial charge in [-0.3, -0.25) is 9.97 Å². The minimum absolute atomic E-state index is 0.369. The predicted molar refractivity (Wildman–Crippen MR) is 63.8 cm³/mol. The molecule has 2 aromatic rings. The van der Waals surface area contributed by atoms with Crippen molar-refractivity contribution in [3.8, 4) is 0 Å². The molecule has 0 saturated heterocycles. The van der Waals surface area contributed by atoms with E-state index < -0.39 is 5.54 Å². The van der Waals surface area contributed by atoms with E-state index in [1.807, 2.05) is 19.9 Å². The molecule has 0 bridgehead atoms. The van der Waals surface area contributed by atoms with Gasteiger partial charge in [0, 0.05) is 12.4 Å². The summed E-state index contributed by atoms with van der Waals surface area (Å²) in [4.78, 5) is 8.14. The SMILES string of the molecule is Cc1cncc(C(C)(N)c2ccc(F)cn2)c1. The highest BCUT2D eigenvalue weighted by Gasteiger charge is 2.25. The molecule has 1 unspecified atom stereocenters. The molecule has 0 fully saturated rings. The zero-order chi connectivity index (χ0) is 12.5. The Bertz CT molecular complexity index is 520. The van der Waals surface area contributed by atoms with Crippen LogP contribution in [0.1, 0.15) is 23.7 Å². The van der Waals surface area contributed by atoms with Crippen LogP contribution < -0.4 is 5.73 Å². The lowest BCUT2D eigenvalue weighted by Gasteiger charge is -2.24. The molecule has 0 spiro atoms. The van der Waals surface area contributed by atoms with E-state index in [0.29, 0.717) is 5.69 Å². The van der Waals surface area contributed by atoms with Gasteiger partial charge >= 0.3 is 0 Å². The third-order valence-electron chi connectivity index (χ3n) is 2.73. The van der Waals surface area contributed by atoms with Gasteiger partial charge in [-0.2, -0.15) is 0 Å². The van der Waals surface area contributed by atoms with Gasteiger partial charge in [0.1, 0.15) is 5.82 Å². The molecule has 0 aromatic carbocycles. The Morgan fingerprint density at radius 3 is 2.59 bits per heavy atom. The fourth-order valence-electron chi connectivity index (χ4n) is 1.67. The van der Waals surface area contributed by atoms with Crippen molar-refractivity contribution in [1.82, 2.24) is 9.97 Å². The average Bonchev–Trinajstić information content (AvgIpc) is 2.29. The molecule has 4 heteroatoms. The lowest BCUT2D eigenvalue weighted by Crippen LogP contribution is -2.35. The number of hydrogen-bond donors (Lipinski definition) is 1. The molecule has 3 nitrogen and oxygen atoms in total. The van der Waals surface area contributed by atoms with Crippen molar-refractivity contribution in [2.75, 3.05) is 0 Å². The molecule has 0 aliphatic rings. The number of pyridine rings is 2. The minimum atomic E-state index is -0.771. The fraction of sp³-hybridized carbons (Fsp3) is 0.231. The first kappa shape index (κ1) is 11.7. The van der Waals surface area contributed by atoms with Gasteiger partial charge in [-0.05, 0) is 37.1 Å². The molecule has 1 atom stereocenters. The largest absolute Gasteiger partial charge is 0.317 e. The highest BCUT2D eigenvalue weighted by Crippen LogP contribution is 2.24. The summed E-state index contributed by atoms with van der Waals surface area (Å²) in [7, 11) is 0. The Morgan fingerprint density at radius 2 is 2.00 bits per heavy atom. The zero-order valence-corrected chi connectivity index (χ0v) is 9.81. The summed E-state index contributed by atoms with van der Waals surface area (Å²) in [6, 6.07) is 4.91. The smallest absolute Gasteiger partial charge is 0.141 e. The molecule has 0 radical (unpaired) electrons. The minimum Gasteiger partial charge on any atom is -0.317 e. The molecule has 17 heavy (non-hydrogen) atoms. The molecule has 0 aliphatic heterocycles. The van der Waals surface area contributed by atoms with Crippen molar-refractivity contribution in [2.24, 2.45) is 5.73 Å². The first-order chi connectivity index (χ1) is 8.00. The van der Waals surface area contributed by atoms with Crippen LogP contribution in [0.5, 0.6) is 0 Å². The van der Waals surface area contributed by atoms with Gasteiger partial charge in [-0.25, -0.2) is 4.39 Å². The van der Waals surface area contributed by atoms with Crippen LogP contribution in [-0.4, -0.2) is 9.97 Å². The normalized spacial score (nSPS) is 14.4. The molecular formula is C13H14FN3. The molecule has 2 rings (SSSR count). The van der Waals surface area contributed by atoms with Crippen LogP contribution >= 0.6 is 0 Å². The molecule has 2 heterocycles. The highest BCUT2D eigenvalue weighted by molar-refractivity contribution is 5.33.